The lowest BCUT2D eigenvalue weighted by Crippen LogP contribution is -2.46. The number of benzene rings is 1. The summed E-state index contributed by atoms with van der Waals surface area (Å²) in [5.41, 5.74) is 0.655. The predicted octanol–water partition coefficient (Wildman–Crippen LogP) is 2.31. The summed E-state index contributed by atoms with van der Waals surface area (Å²) in [7, 11) is 1.81. The summed E-state index contributed by atoms with van der Waals surface area (Å²) in [6, 6.07) is 2.94. The normalized spacial score (nSPS) is 17.6. The van der Waals surface area contributed by atoms with Crippen molar-refractivity contribution in [1.82, 2.24) is 0 Å². The SMILES string of the molecule is CC(=O)c1cc(F)c(C)cc1N(C)CC1(O)CCOCC1. The molecule has 21 heavy (non-hydrogen) atoms. The lowest BCUT2D eigenvalue weighted by molar-refractivity contribution is -0.0572. The highest BCUT2D eigenvalue weighted by molar-refractivity contribution is 5.99. The Morgan fingerprint density at radius 1 is 1.43 bits per heavy atom. The number of hydrogen-bond donors (Lipinski definition) is 1. The molecule has 5 heteroatoms. The van der Waals surface area contributed by atoms with Gasteiger partial charge in [0.1, 0.15) is 5.82 Å². The second kappa shape index (κ2) is 6.12. The van der Waals surface area contributed by atoms with E-state index >= 15 is 0 Å². The Labute approximate surface area is 124 Å². The fraction of sp³-hybridized carbons (Fsp3) is 0.562. The first-order valence-corrected chi connectivity index (χ1v) is 7.15. The average molecular weight is 295 g/mol. The lowest BCUT2D eigenvalue weighted by atomic mass is 9.93. The number of likely N-dealkylation sites (N-methyl/N-ethyl adjacent to an activating group) is 1. The third-order valence-electron chi connectivity index (χ3n) is 4.02. The summed E-state index contributed by atoms with van der Waals surface area (Å²) in [5, 5.41) is 10.6. The van der Waals surface area contributed by atoms with E-state index in [-0.39, 0.29) is 11.6 Å². The van der Waals surface area contributed by atoms with E-state index in [1.807, 2.05) is 11.9 Å². The fourth-order valence-electron chi connectivity index (χ4n) is 2.70. The minimum absolute atomic E-state index is 0.185. The molecule has 0 amide bonds. The number of nitrogens with zero attached hydrogens (tertiary/aromatic N) is 1. The third-order valence-corrected chi connectivity index (χ3v) is 4.02. The van der Waals surface area contributed by atoms with Crippen molar-refractivity contribution >= 4 is 11.5 Å². The number of carbonyl (C=O) groups is 1. The van der Waals surface area contributed by atoms with Crippen molar-refractivity contribution in [1.29, 1.82) is 0 Å². The van der Waals surface area contributed by atoms with Crippen LogP contribution in [0.3, 0.4) is 0 Å². The Kier molecular flexibility index (Phi) is 4.64. The van der Waals surface area contributed by atoms with Crippen molar-refractivity contribution < 1.29 is 19.0 Å². The molecule has 4 nitrogen and oxygen atoms in total. The first-order chi connectivity index (χ1) is 9.82. The molecule has 1 N–H and O–H groups in total. The van der Waals surface area contributed by atoms with Gasteiger partial charge in [0.2, 0.25) is 0 Å². The Balaban J connectivity index is 2.27. The van der Waals surface area contributed by atoms with Gasteiger partial charge < -0.3 is 14.7 Å². The van der Waals surface area contributed by atoms with Crippen LogP contribution in [0.25, 0.3) is 0 Å². The number of aliphatic hydroxyl groups is 1. The van der Waals surface area contributed by atoms with Crippen molar-refractivity contribution in [3.63, 3.8) is 0 Å². The molecule has 0 unspecified atom stereocenters. The van der Waals surface area contributed by atoms with Crippen molar-refractivity contribution in [2.45, 2.75) is 32.3 Å². The van der Waals surface area contributed by atoms with Crippen LogP contribution in [0.1, 0.15) is 35.7 Å². The molecule has 1 aliphatic heterocycles. The van der Waals surface area contributed by atoms with Crippen LogP contribution >= 0.6 is 0 Å². The van der Waals surface area contributed by atoms with E-state index in [9.17, 15) is 14.3 Å². The Morgan fingerprint density at radius 3 is 2.62 bits per heavy atom. The van der Waals surface area contributed by atoms with E-state index in [0.717, 1.165) is 0 Å². The summed E-state index contributed by atoms with van der Waals surface area (Å²) in [6.07, 6.45) is 1.12. The number of hydrogen-bond acceptors (Lipinski definition) is 4. The van der Waals surface area contributed by atoms with E-state index in [0.29, 0.717) is 49.4 Å². The van der Waals surface area contributed by atoms with Gasteiger partial charge in [-0.1, -0.05) is 0 Å². The van der Waals surface area contributed by atoms with Crippen molar-refractivity contribution in [3.8, 4) is 0 Å². The molecule has 0 saturated carbocycles. The van der Waals surface area contributed by atoms with Crippen LogP contribution in [0.5, 0.6) is 0 Å². The number of anilines is 1. The molecular formula is C16H22FNO3. The maximum atomic E-state index is 13.7. The van der Waals surface area contributed by atoms with E-state index in [1.165, 1.54) is 13.0 Å². The van der Waals surface area contributed by atoms with Gasteiger partial charge in [0.15, 0.2) is 5.78 Å². The zero-order valence-electron chi connectivity index (χ0n) is 12.8. The van der Waals surface area contributed by atoms with Crippen LogP contribution in [0.4, 0.5) is 10.1 Å². The third kappa shape index (κ3) is 3.60. The summed E-state index contributed by atoms with van der Waals surface area (Å²) in [5.74, 6) is -0.572. The zero-order valence-corrected chi connectivity index (χ0v) is 12.8. The molecule has 0 atom stereocenters. The highest BCUT2D eigenvalue weighted by atomic mass is 19.1. The van der Waals surface area contributed by atoms with Crippen LogP contribution in [0, 0.1) is 12.7 Å². The summed E-state index contributed by atoms with van der Waals surface area (Å²) in [6.45, 7) is 4.55. The molecule has 1 saturated heterocycles. The molecule has 1 fully saturated rings. The van der Waals surface area contributed by atoms with Gasteiger partial charge in [0, 0.05) is 50.9 Å². The molecule has 0 spiro atoms. The zero-order chi connectivity index (χ0) is 15.6. The number of rotatable bonds is 4. The van der Waals surface area contributed by atoms with Crippen LogP contribution in [0.15, 0.2) is 12.1 Å². The minimum atomic E-state index is -0.830. The van der Waals surface area contributed by atoms with Gasteiger partial charge in [-0.2, -0.15) is 0 Å². The lowest BCUT2D eigenvalue weighted by Gasteiger charge is -2.36. The minimum Gasteiger partial charge on any atom is -0.388 e. The predicted molar refractivity (Wildman–Crippen MR) is 79.4 cm³/mol. The van der Waals surface area contributed by atoms with Gasteiger partial charge in [-0.15, -0.1) is 0 Å². The molecule has 1 aliphatic rings. The van der Waals surface area contributed by atoms with Crippen molar-refractivity contribution in [2.24, 2.45) is 0 Å². The summed E-state index contributed by atoms with van der Waals surface area (Å²) < 4.78 is 18.9. The smallest absolute Gasteiger partial charge is 0.161 e. The van der Waals surface area contributed by atoms with Gasteiger partial charge in [0.05, 0.1) is 5.60 Å². The highest BCUT2D eigenvalue weighted by Gasteiger charge is 2.32. The highest BCUT2D eigenvalue weighted by Crippen LogP contribution is 2.28. The number of Topliss-reactive ketones (excluding diaryl/α,β-unsaturated/α-hetero) is 1. The molecule has 0 aromatic heterocycles. The maximum Gasteiger partial charge on any atom is 0.161 e. The van der Waals surface area contributed by atoms with Gasteiger partial charge in [-0.3, -0.25) is 4.79 Å². The number of carbonyl (C=O) groups excluding carboxylic acids is 1. The van der Waals surface area contributed by atoms with Crippen molar-refractivity contribution in [3.05, 3.63) is 29.1 Å². The Hall–Kier alpha value is -1.46. The molecule has 1 heterocycles. The number of halogens is 1. The quantitative estimate of drug-likeness (QED) is 0.866. The van der Waals surface area contributed by atoms with Crippen LogP contribution in [-0.4, -0.2) is 43.3 Å². The maximum absolute atomic E-state index is 13.7. The van der Waals surface area contributed by atoms with Crippen LogP contribution in [0.2, 0.25) is 0 Å². The number of aryl methyl sites for hydroxylation is 1. The molecule has 2 rings (SSSR count). The number of ketones is 1. The fourth-order valence-corrected chi connectivity index (χ4v) is 2.70. The first kappa shape index (κ1) is 15.9. The molecule has 1 aromatic rings. The van der Waals surface area contributed by atoms with Crippen LogP contribution in [-0.2, 0) is 4.74 Å². The Morgan fingerprint density at radius 2 is 2.05 bits per heavy atom. The van der Waals surface area contributed by atoms with Gasteiger partial charge in [-0.05, 0) is 31.5 Å². The molecule has 0 aliphatic carbocycles. The van der Waals surface area contributed by atoms with Crippen molar-refractivity contribution in [2.75, 3.05) is 31.7 Å². The molecule has 0 radical (unpaired) electrons. The van der Waals surface area contributed by atoms with Gasteiger partial charge >= 0.3 is 0 Å². The topological polar surface area (TPSA) is 49.8 Å². The summed E-state index contributed by atoms with van der Waals surface area (Å²) in [4.78, 5) is 13.6. The summed E-state index contributed by atoms with van der Waals surface area (Å²) >= 11 is 0. The van der Waals surface area contributed by atoms with E-state index < -0.39 is 5.60 Å². The molecular weight excluding hydrogens is 273 g/mol. The van der Waals surface area contributed by atoms with Gasteiger partial charge in [-0.25, -0.2) is 4.39 Å². The molecule has 1 aromatic carbocycles. The van der Waals surface area contributed by atoms with Crippen LogP contribution < -0.4 is 4.90 Å². The number of ether oxygens (including phenoxy) is 1. The second-order valence-corrected chi connectivity index (χ2v) is 5.87. The standard InChI is InChI=1S/C16H22FNO3/c1-11-8-15(13(12(2)19)9-14(11)17)18(3)10-16(20)4-6-21-7-5-16/h8-9,20H,4-7,10H2,1-3H3. The van der Waals surface area contributed by atoms with E-state index in [2.05, 4.69) is 0 Å². The molecule has 116 valence electrons. The van der Waals surface area contributed by atoms with E-state index in [4.69, 9.17) is 4.74 Å². The largest absolute Gasteiger partial charge is 0.388 e. The van der Waals surface area contributed by atoms with E-state index in [1.54, 1.807) is 13.0 Å². The Bertz CT molecular complexity index is 539. The second-order valence-electron chi connectivity index (χ2n) is 5.87. The van der Waals surface area contributed by atoms with Gasteiger partial charge in [0.25, 0.3) is 0 Å². The monoisotopic (exact) mass is 295 g/mol. The molecule has 0 bridgehead atoms. The first-order valence-electron chi connectivity index (χ1n) is 7.15. The average Bonchev–Trinajstić information content (AvgIpc) is 2.41.